The summed E-state index contributed by atoms with van der Waals surface area (Å²) < 4.78 is 5.21. The van der Waals surface area contributed by atoms with Crippen molar-refractivity contribution in [2.75, 3.05) is 26.2 Å². The molecule has 2 aromatic heterocycles. The molecule has 0 bridgehead atoms. The summed E-state index contributed by atoms with van der Waals surface area (Å²) in [5.41, 5.74) is 0.815. The summed E-state index contributed by atoms with van der Waals surface area (Å²) in [6.45, 7) is 5.34. The van der Waals surface area contributed by atoms with Gasteiger partial charge in [-0.1, -0.05) is 5.16 Å². The highest BCUT2D eigenvalue weighted by Crippen LogP contribution is 2.11. The lowest BCUT2D eigenvalue weighted by atomic mass is 10.2. The van der Waals surface area contributed by atoms with E-state index in [1.54, 1.807) is 4.90 Å². The molecule has 0 radical (unpaired) electrons. The second kappa shape index (κ2) is 6.10. The van der Waals surface area contributed by atoms with Crippen LogP contribution in [-0.4, -0.2) is 57.2 Å². The van der Waals surface area contributed by atoms with E-state index < -0.39 is 0 Å². The Kier molecular flexibility index (Phi) is 4.01. The standard InChI is InChI=1S/C14H17N5O3/c1-10-8-11(22-17-10)9-18-4-6-19(7-5-18)14(21)12-2-3-13(20)16-15-12/h2-3,8H,4-7,9H2,1H3,(H,16,20). The summed E-state index contributed by atoms with van der Waals surface area (Å²) in [7, 11) is 0. The van der Waals surface area contributed by atoms with E-state index in [0.29, 0.717) is 19.6 Å². The number of carbonyl (C=O) groups excluding carboxylic acids is 1. The van der Waals surface area contributed by atoms with E-state index >= 15 is 0 Å². The number of nitrogens with one attached hydrogen (secondary N) is 1. The smallest absolute Gasteiger partial charge is 0.274 e. The van der Waals surface area contributed by atoms with Crippen LogP contribution in [0, 0.1) is 6.92 Å². The number of nitrogens with zero attached hydrogens (tertiary/aromatic N) is 4. The van der Waals surface area contributed by atoms with E-state index in [0.717, 1.165) is 24.5 Å². The number of piperazine rings is 1. The van der Waals surface area contributed by atoms with E-state index in [1.165, 1.54) is 12.1 Å². The number of H-pyrrole nitrogens is 1. The number of carbonyl (C=O) groups is 1. The molecule has 1 amide bonds. The molecule has 8 nitrogen and oxygen atoms in total. The Labute approximate surface area is 126 Å². The van der Waals surface area contributed by atoms with Gasteiger partial charge in [0.05, 0.1) is 12.2 Å². The van der Waals surface area contributed by atoms with Crippen LogP contribution >= 0.6 is 0 Å². The molecule has 3 rings (SSSR count). The minimum absolute atomic E-state index is 0.161. The van der Waals surface area contributed by atoms with Gasteiger partial charge in [0.25, 0.3) is 11.5 Å². The third-order valence-electron chi connectivity index (χ3n) is 3.61. The highest BCUT2D eigenvalue weighted by Gasteiger charge is 2.23. The summed E-state index contributed by atoms with van der Waals surface area (Å²) in [4.78, 5) is 27.2. The molecular formula is C14H17N5O3. The first-order valence-corrected chi connectivity index (χ1v) is 7.11. The van der Waals surface area contributed by atoms with Gasteiger partial charge in [0.15, 0.2) is 5.76 Å². The third-order valence-corrected chi connectivity index (χ3v) is 3.61. The average Bonchev–Trinajstić information content (AvgIpc) is 2.93. The van der Waals surface area contributed by atoms with Crippen LogP contribution in [0.4, 0.5) is 0 Å². The zero-order valence-electron chi connectivity index (χ0n) is 12.3. The number of hydrogen-bond acceptors (Lipinski definition) is 6. The summed E-state index contributed by atoms with van der Waals surface area (Å²) >= 11 is 0. The summed E-state index contributed by atoms with van der Waals surface area (Å²) in [5.74, 6) is 0.672. The average molecular weight is 303 g/mol. The molecule has 8 heteroatoms. The number of aromatic amines is 1. The van der Waals surface area contributed by atoms with E-state index in [9.17, 15) is 9.59 Å². The van der Waals surface area contributed by atoms with Crippen LogP contribution in [0.3, 0.4) is 0 Å². The monoisotopic (exact) mass is 303 g/mol. The maximum absolute atomic E-state index is 12.3. The fourth-order valence-electron chi connectivity index (χ4n) is 2.45. The highest BCUT2D eigenvalue weighted by molar-refractivity contribution is 5.92. The molecule has 22 heavy (non-hydrogen) atoms. The Morgan fingerprint density at radius 2 is 2.09 bits per heavy atom. The van der Waals surface area contributed by atoms with Crippen LogP contribution in [0.25, 0.3) is 0 Å². The van der Waals surface area contributed by atoms with Gasteiger partial charge in [0.2, 0.25) is 0 Å². The second-order valence-corrected chi connectivity index (χ2v) is 5.31. The molecule has 1 aliphatic rings. The van der Waals surface area contributed by atoms with E-state index in [1.807, 2.05) is 13.0 Å². The lowest BCUT2D eigenvalue weighted by Crippen LogP contribution is -2.48. The Morgan fingerprint density at radius 1 is 1.32 bits per heavy atom. The Balaban J connectivity index is 1.56. The molecule has 0 aliphatic carbocycles. The van der Waals surface area contributed by atoms with Gasteiger partial charge >= 0.3 is 0 Å². The molecule has 3 heterocycles. The Hall–Kier alpha value is -2.48. The minimum atomic E-state index is -0.316. The topological polar surface area (TPSA) is 95.3 Å². The summed E-state index contributed by atoms with van der Waals surface area (Å²) in [6, 6.07) is 4.68. The maximum atomic E-state index is 12.3. The molecular weight excluding hydrogens is 286 g/mol. The predicted molar refractivity (Wildman–Crippen MR) is 77.3 cm³/mol. The third kappa shape index (κ3) is 3.22. The number of hydrogen-bond donors (Lipinski definition) is 1. The largest absolute Gasteiger partial charge is 0.360 e. The maximum Gasteiger partial charge on any atom is 0.274 e. The van der Waals surface area contributed by atoms with Gasteiger partial charge in [-0.2, -0.15) is 5.10 Å². The van der Waals surface area contributed by atoms with Crippen LogP contribution in [0.1, 0.15) is 21.9 Å². The van der Waals surface area contributed by atoms with Crippen LogP contribution < -0.4 is 5.56 Å². The molecule has 1 N–H and O–H groups in total. The van der Waals surface area contributed by atoms with E-state index in [4.69, 9.17) is 4.52 Å². The van der Waals surface area contributed by atoms with Crippen molar-refractivity contribution in [3.8, 4) is 0 Å². The SMILES string of the molecule is Cc1cc(CN2CCN(C(=O)c3ccc(=O)[nH]n3)CC2)on1. The van der Waals surface area contributed by atoms with Crippen LogP contribution in [0.5, 0.6) is 0 Å². The van der Waals surface area contributed by atoms with Gasteiger partial charge in [-0.05, 0) is 13.0 Å². The zero-order valence-corrected chi connectivity index (χ0v) is 12.3. The van der Waals surface area contributed by atoms with Gasteiger partial charge in [-0.25, -0.2) is 5.10 Å². The molecule has 0 unspecified atom stereocenters. The number of aryl methyl sites for hydroxylation is 1. The van der Waals surface area contributed by atoms with Gasteiger partial charge < -0.3 is 9.42 Å². The molecule has 1 saturated heterocycles. The van der Waals surface area contributed by atoms with Crippen molar-refractivity contribution in [1.29, 1.82) is 0 Å². The first-order valence-electron chi connectivity index (χ1n) is 7.11. The normalized spacial score (nSPS) is 16.0. The number of aromatic nitrogens is 3. The highest BCUT2D eigenvalue weighted by atomic mass is 16.5. The van der Waals surface area contributed by atoms with Crippen molar-refractivity contribution in [2.45, 2.75) is 13.5 Å². The molecule has 0 spiro atoms. The Morgan fingerprint density at radius 3 is 2.68 bits per heavy atom. The summed E-state index contributed by atoms with van der Waals surface area (Å²) in [6.07, 6.45) is 0. The molecule has 0 saturated carbocycles. The molecule has 0 atom stereocenters. The zero-order chi connectivity index (χ0) is 15.5. The Bertz CT molecular complexity index is 695. The van der Waals surface area contributed by atoms with Gasteiger partial charge in [-0.3, -0.25) is 14.5 Å². The lowest BCUT2D eigenvalue weighted by molar-refractivity contribution is 0.0610. The first-order chi connectivity index (χ1) is 10.6. The van der Waals surface area contributed by atoms with Crippen molar-refractivity contribution in [1.82, 2.24) is 25.2 Å². The van der Waals surface area contributed by atoms with Crippen molar-refractivity contribution >= 4 is 5.91 Å². The number of amides is 1. The molecule has 116 valence electrons. The van der Waals surface area contributed by atoms with Crippen molar-refractivity contribution < 1.29 is 9.32 Å². The second-order valence-electron chi connectivity index (χ2n) is 5.31. The van der Waals surface area contributed by atoms with Crippen LogP contribution in [0.2, 0.25) is 0 Å². The minimum Gasteiger partial charge on any atom is -0.360 e. The van der Waals surface area contributed by atoms with Crippen molar-refractivity contribution in [3.63, 3.8) is 0 Å². The molecule has 0 aromatic carbocycles. The molecule has 1 aliphatic heterocycles. The lowest BCUT2D eigenvalue weighted by Gasteiger charge is -2.33. The molecule has 1 fully saturated rings. The van der Waals surface area contributed by atoms with Gasteiger partial charge in [0.1, 0.15) is 5.69 Å². The fraction of sp³-hybridized carbons (Fsp3) is 0.429. The summed E-state index contributed by atoms with van der Waals surface area (Å²) in [5, 5.41) is 9.93. The number of rotatable bonds is 3. The van der Waals surface area contributed by atoms with Crippen LogP contribution in [-0.2, 0) is 6.54 Å². The van der Waals surface area contributed by atoms with Crippen molar-refractivity contribution in [3.05, 3.63) is 45.7 Å². The quantitative estimate of drug-likeness (QED) is 0.859. The predicted octanol–water partition coefficient (Wildman–Crippen LogP) is 0.0243. The van der Waals surface area contributed by atoms with Crippen LogP contribution in [0.15, 0.2) is 27.5 Å². The van der Waals surface area contributed by atoms with Gasteiger partial charge in [-0.15, -0.1) is 0 Å². The molecule has 2 aromatic rings. The van der Waals surface area contributed by atoms with E-state index in [-0.39, 0.29) is 17.2 Å². The van der Waals surface area contributed by atoms with Gasteiger partial charge in [0, 0.05) is 38.3 Å². The fourth-order valence-corrected chi connectivity index (χ4v) is 2.45. The first kappa shape index (κ1) is 14.5. The van der Waals surface area contributed by atoms with Crippen molar-refractivity contribution in [2.24, 2.45) is 0 Å². The van der Waals surface area contributed by atoms with E-state index in [2.05, 4.69) is 20.3 Å².